The van der Waals surface area contributed by atoms with Crippen molar-refractivity contribution in [2.45, 2.75) is 12.5 Å². The van der Waals surface area contributed by atoms with Gasteiger partial charge in [0, 0.05) is 17.2 Å². The van der Waals surface area contributed by atoms with Gasteiger partial charge in [-0.2, -0.15) is 0 Å². The van der Waals surface area contributed by atoms with Crippen LogP contribution in [-0.2, 0) is 5.60 Å². The van der Waals surface area contributed by atoms with Crippen LogP contribution in [0.25, 0.3) is 22.4 Å². The zero-order valence-electron chi connectivity index (χ0n) is 17.5. The third-order valence-electron chi connectivity index (χ3n) is 5.28. The number of H-pyrrole nitrogens is 1. The van der Waals surface area contributed by atoms with Crippen LogP contribution < -0.4 is 0 Å². The molecule has 0 radical (unpaired) electrons. The molecule has 3 aromatic carbocycles. The maximum atomic E-state index is 13.8. The van der Waals surface area contributed by atoms with E-state index in [1.54, 1.807) is 30.3 Å². The summed E-state index contributed by atoms with van der Waals surface area (Å²) in [5, 5.41) is 30.8. The molecule has 4 rings (SSSR count). The minimum Gasteiger partial charge on any atom is -0.506 e. The summed E-state index contributed by atoms with van der Waals surface area (Å²) < 4.78 is 27.7. The number of aromatic amines is 1. The molecule has 0 aliphatic carbocycles. The van der Waals surface area contributed by atoms with Crippen molar-refractivity contribution in [2.24, 2.45) is 0 Å². The zero-order valence-corrected chi connectivity index (χ0v) is 17.5. The number of benzene rings is 3. The summed E-state index contributed by atoms with van der Waals surface area (Å²) in [6.07, 6.45) is 0. The zero-order chi connectivity index (χ0) is 23.8. The van der Waals surface area contributed by atoms with Gasteiger partial charge >= 0.3 is 0 Å². The molecule has 6 nitrogen and oxygen atoms in total. The van der Waals surface area contributed by atoms with Crippen molar-refractivity contribution in [2.75, 3.05) is 6.61 Å². The lowest BCUT2D eigenvalue weighted by Crippen LogP contribution is -2.26. The average molecular weight is 450 g/mol. The van der Waals surface area contributed by atoms with E-state index in [1.165, 1.54) is 25.1 Å². The van der Waals surface area contributed by atoms with Crippen molar-refractivity contribution in [1.29, 1.82) is 0 Å². The Labute approximate surface area is 187 Å². The van der Waals surface area contributed by atoms with E-state index in [0.29, 0.717) is 17.1 Å². The predicted molar refractivity (Wildman–Crippen MR) is 119 cm³/mol. The van der Waals surface area contributed by atoms with Gasteiger partial charge in [-0.05, 0) is 42.8 Å². The van der Waals surface area contributed by atoms with Crippen molar-refractivity contribution in [3.05, 3.63) is 101 Å². The van der Waals surface area contributed by atoms with Crippen LogP contribution in [-0.4, -0.2) is 37.7 Å². The Morgan fingerprint density at radius 2 is 1.70 bits per heavy atom. The number of aliphatic hydroxyl groups is 3. The molecule has 0 aliphatic heterocycles. The molecular formula is C25H20F2N2O4. The van der Waals surface area contributed by atoms with Crippen molar-refractivity contribution >= 4 is 28.1 Å². The number of aliphatic hydroxyl groups excluding tert-OH is 2. The molecular weight excluding hydrogens is 430 g/mol. The van der Waals surface area contributed by atoms with Gasteiger partial charge in [-0.3, -0.25) is 4.79 Å². The summed E-state index contributed by atoms with van der Waals surface area (Å²) in [5.41, 5.74) is -0.697. The number of para-hydroxylation sites is 2. The third-order valence-corrected chi connectivity index (χ3v) is 5.28. The highest BCUT2D eigenvalue weighted by Crippen LogP contribution is 2.30. The number of fused-ring (bicyclic) bond motifs is 1. The molecule has 4 aromatic rings. The molecule has 1 aromatic heterocycles. The number of imidazole rings is 1. The van der Waals surface area contributed by atoms with Gasteiger partial charge < -0.3 is 20.3 Å². The largest absolute Gasteiger partial charge is 0.506 e. The maximum Gasteiger partial charge on any atom is 0.200 e. The molecule has 0 spiro atoms. The number of Topliss-reactive ketones (excluding diaryl/α,β-unsaturated/α-hetero) is 1. The SMILES string of the molecule is CC(O)(CO)c1cccc(C(=O)C(=C(O)c2cc(F)cc(F)c2)c2nc3ccccc3[nH]2)c1. The molecule has 168 valence electrons. The topological polar surface area (TPSA) is 106 Å². The smallest absolute Gasteiger partial charge is 0.200 e. The van der Waals surface area contributed by atoms with Gasteiger partial charge in [-0.15, -0.1) is 0 Å². The fourth-order valence-corrected chi connectivity index (χ4v) is 3.46. The molecule has 8 heteroatoms. The van der Waals surface area contributed by atoms with Gasteiger partial charge in [-0.25, -0.2) is 13.8 Å². The third kappa shape index (κ3) is 4.39. The van der Waals surface area contributed by atoms with Gasteiger partial charge in [0.25, 0.3) is 0 Å². The summed E-state index contributed by atoms with van der Waals surface area (Å²) in [4.78, 5) is 20.9. The molecule has 0 fully saturated rings. The molecule has 1 unspecified atom stereocenters. The Bertz CT molecular complexity index is 1340. The molecule has 4 N–H and O–H groups in total. The maximum absolute atomic E-state index is 13.8. The van der Waals surface area contributed by atoms with Gasteiger partial charge in [-0.1, -0.05) is 30.3 Å². The van der Waals surface area contributed by atoms with Crippen LogP contribution in [0.2, 0.25) is 0 Å². The Kier molecular flexibility index (Phi) is 5.80. The number of hydrogen-bond donors (Lipinski definition) is 4. The quantitative estimate of drug-likeness (QED) is 0.199. The molecule has 0 amide bonds. The summed E-state index contributed by atoms with van der Waals surface area (Å²) in [6, 6.07) is 15.3. The monoisotopic (exact) mass is 450 g/mol. The van der Waals surface area contributed by atoms with Crippen LogP contribution in [0.15, 0.2) is 66.7 Å². The summed E-state index contributed by atoms with van der Waals surface area (Å²) in [7, 11) is 0. The van der Waals surface area contributed by atoms with Crippen LogP contribution >= 0.6 is 0 Å². The molecule has 0 bridgehead atoms. The summed E-state index contributed by atoms with van der Waals surface area (Å²) in [6.45, 7) is 0.810. The van der Waals surface area contributed by atoms with Gasteiger partial charge in [0.1, 0.15) is 34.4 Å². The van der Waals surface area contributed by atoms with E-state index in [1.807, 2.05) is 0 Å². The molecule has 0 saturated heterocycles. The van der Waals surface area contributed by atoms with Crippen molar-refractivity contribution < 1.29 is 28.9 Å². The second-order valence-corrected chi connectivity index (χ2v) is 7.83. The number of nitrogens with zero attached hydrogens (tertiary/aromatic N) is 1. The van der Waals surface area contributed by atoms with Crippen LogP contribution in [0.4, 0.5) is 8.78 Å². The van der Waals surface area contributed by atoms with E-state index >= 15 is 0 Å². The van der Waals surface area contributed by atoms with Crippen LogP contribution in [0, 0.1) is 11.6 Å². The van der Waals surface area contributed by atoms with E-state index in [2.05, 4.69) is 9.97 Å². The number of allylic oxidation sites excluding steroid dienone is 1. The normalized spacial score (nSPS) is 14.1. The molecule has 0 saturated carbocycles. The van der Waals surface area contributed by atoms with Gasteiger partial charge in [0.2, 0.25) is 5.78 Å². The van der Waals surface area contributed by atoms with E-state index < -0.39 is 35.4 Å². The van der Waals surface area contributed by atoms with Gasteiger partial charge in [0.05, 0.1) is 17.6 Å². The first kappa shape index (κ1) is 22.3. The highest BCUT2D eigenvalue weighted by molar-refractivity contribution is 6.33. The number of hydrogen-bond acceptors (Lipinski definition) is 5. The minimum atomic E-state index is -1.60. The van der Waals surface area contributed by atoms with E-state index in [9.17, 15) is 28.9 Å². The summed E-state index contributed by atoms with van der Waals surface area (Å²) >= 11 is 0. The minimum absolute atomic E-state index is 0.00249. The number of carbonyl (C=O) groups excluding carboxylic acids is 1. The van der Waals surface area contributed by atoms with E-state index in [-0.39, 0.29) is 28.1 Å². The predicted octanol–water partition coefficient (Wildman–Crippen LogP) is 4.35. The molecule has 0 aliphatic rings. The van der Waals surface area contributed by atoms with Crippen molar-refractivity contribution in [3.8, 4) is 0 Å². The Morgan fingerprint density at radius 1 is 1.00 bits per heavy atom. The van der Waals surface area contributed by atoms with Crippen molar-refractivity contribution in [3.63, 3.8) is 0 Å². The standard InChI is InChI=1S/C25H20F2N2O4/c1-25(33,13-30)16-6-4-5-14(9-16)22(31)21(23(32)15-10-17(26)12-18(27)11-15)24-28-19-7-2-3-8-20(19)29-24/h2-12,30,32-33H,13H2,1H3,(H,28,29). The summed E-state index contributed by atoms with van der Waals surface area (Å²) in [5.74, 6) is -3.21. The number of halogens is 2. The molecule has 1 heterocycles. The lowest BCUT2D eigenvalue weighted by atomic mass is 9.92. The Morgan fingerprint density at radius 3 is 2.36 bits per heavy atom. The number of aromatic nitrogens is 2. The van der Waals surface area contributed by atoms with Crippen LogP contribution in [0.1, 0.15) is 34.2 Å². The lowest BCUT2D eigenvalue weighted by Gasteiger charge is -2.21. The highest BCUT2D eigenvalue weighted by atomic mass is 19.1. The highest BCUT2D eigenvalue weighted by Gasteiger charge is 2.27. The number of carbonyl (C=O) groups is 1. The average Bonchev–Trinajstić information content (AvgIpc) is 3.22. The number of nitrogens with one attached hydrogen (secondary N) is 1. The first-order valence-corrected chi connectivity index (χ1v) is 10.0. The first-order chi connectivity index (χ1) is 15.7. The fourth-order valence-electron chi connectivity index (χ4n) is 3.46. The Balaban J connectivity index is 1.93. The second kappa shape index (κ2) is 8.57. The van der Waals surface area contributed by atoms with Crippen LogP contribution in [0.5, 0.6) is 0 Å². The first-order valence-electron chi connectivity index (χ1n) is 10.0. The number of ketones is 1. The number of rotatable bonds is 6. The fraction of sp³-hybridized carbons (Fsp3) is 0.120. The van der Waals surface area contributed by atoms with Gasteiger partial charge in [0.15, 0.2) is 0 Å². The second-order valence-electron chi connectivity index (χ2n) is 7.83. The van der Waals surface area contributed by atoms with Crippen molar-refractivity contribution in [1.82, 2.24) is 9.97 Å². The van der Waals surface area contributed by atoms with E-state index in [4.69, 9.17) is 0 Å². The molecule has 33 heavy (non-hydrogen) atoms. The van der Waals surface area contributed by atoms with E-state index in [0.717, 1.165) is 12.1 Å². The lowest BCUT2D eigenvalue weighted by molar-refractivity contribution is -0.00231. The molecule has 1 atom stereocenters. The Hall–Kier alpha value is -3.88. The van der Waals surface area contributed by atoms with Crippen LogP contribution in [0.3, 0.4) is 0 Å².